The van der Waals surface area contributed by atoms with E-state index in [0.29, 0.717) is 23.9 Å². The van der Waals surface area contributed by atoms with Crippen molar-refractivity contribution >= 4 is 5.91 Å². The van der Waals surface area contributed by atoms with Gasteiger partial charge in [0.2, 0.25) is 5.91 Å². The number of hydrogen-bond donors (Lipinski definition) is 0. The van der Waals surface area contributed by atoms with Crippen molar-refractivity contribution in [3.8, 4) is 0 Å². The van der Waals surface area contributed by atoms with Gasteiger partial charge >= 0.3 is 0 Å². The Kier molecular flexibility index (Phi) is 4.79. The minimum atomic E-state index is 0.321. The first kappa shape index (κ1) is 16.3. The van der Waals surface area contributed by atoms with Crippen molar-refractivity contribution in [1.82, 2.24) is 14.7 Å². The van der Waals surface area contributed by atoms with Gasteiger partial charge in [-0.05, 0) is 38.5 Å². The predicted molar refractivity (Wildman–Crippen MR) is 89.7 cm³/mol. The monoisotopic (exact) mass is 307 g/mol. The van der Waals surface area contributed by atoms with Crippen LogP contribution < -0.4 is 0 Å². The molecule has 0 bridgehead atoms. The average molecular weight is 307 g/mol. The molecule has 2 aliphatic heterocycles. The molecule has 1 amide bonds. The molecule has 1 saturated carbocycles. The molecule has 22 heavy (non-hydrogen) atoms. The molecule has 0 spiro atoms. The molecule has 4 nitrogen and oxygen atoms in total. The molecule has 3 rings (SSSR count). The Morgan fingerprint density at radius 1 is 0.955 bits per heavy atom. The van der Waals surface area contributed by atoms with E-state index in [-0.39, 0.29) is 0 Å². The molecule has 0 atom stereocenters. The van der Waals surface area contributed by atoms with E-state index in [1.165, 1.54) is 26.2 Å². The average Bonchev–Trinajstić information content (AvgIpc) is 2.35. The van der Waals surface area contributed by atoms with Gasteiger partial charge in [-0.25, -0.2) is 0 Å². The van der Waals surface area contributed by atoms with Gasteiger partial charge in [0.1, 0.15) is 0 Å². The summed E-state index contributed by atoms with van der Waals surface area (Å²) in [5.41, 5.74) is 0. The Hall–Kier alpha value is -0.610. The summed E-state index contributed by atoms with van der Waals surface area (Å²) in [6, 6.07) is 1.34. The fourth-order valence-electron chi connectivity index (χ4n) is 4.08. The molecule has 0 aromatic heterocycles. The van der Waals surface area contributed by atoms with Crippen LogP contribution in [0.3, 0.4) is 0 Å². The highest BCUT2D eigenvalue weighted by Gasteiger charge is 2.43. The van der Waals surface area contributed by atoms with E-state index in [2.05, 4.69) is 42.4 Å². The lowest BCUT2D eigenvalue weighted by Crippen LogP contribution is -2.59. The number of likely N-dealkylation sites (tertiary alicyclic amines) is 1. The van der Waals surface area contributed by atoms with Gasteiger partial charge in [-0.1, -0.05) is 13.8 Å². The van der Waals surface area contributed by atoms with Gasteiger partial charge in [0.25, 0.3) is 0 Å². The summed E-state index contributed by atoms with van der Waals surface area (Å²) in [5.74, 6) is 2.22. The number of amides is 1. The first-order chi connectivity index (χ1) is 10.5. The third-order valence-electron chi connectivity index (χ3n) is 6.22. The molecular weight excluding hydrogens is 274 g/mol. The summed E-state index contributed by atoms with van der Waals surface area (Å²) in [6.07, 6.45) is 2.20. The highest BCUT2D eigenvalue weighted by Crippen LogP contribution is 2.36. The van der Waals surface area contributed by atoms with Crippen LogP contribution >= 0.6 is 0 Å². The molecule has 0 aromatic rings. The minimum absolute atomic E-state index is 0.321. The Bertz CT molecular complexity index is 389. The van der Waals surface area contributed by atoms with Crippen LogP contribution in [-0.2, 0) is 4.79 Å². The van der Waals surface area contributed by atoms with Crippen LogP contribution in [0.25, 0.3) is 0 Å². The zero-order valence-corrected chi connectivity index (χ0v) is 14.8. The highest BCUT2D eigenvalue weighted by atomic mass is 16.2. The molecule has 1 aliphatic carbocycles. The molecule has 4 heteroatoms. The zero-order valence-electron chi connectivity index (χ0n) is 14.8. The second-order valence-electron chi connectivity index (χ2n) is 8.24. The van der Waals surface area contributed by atoms with Crippen LogP contribution in [0.2, 0.25) is 0 Å². The number of carbonyl (C=O) groups excluding carboxylic acids is 1. The Balaban J connectivity index is 1.37. The third kappa shape index (κ3) is 3.18. The molecule has 3 fully saturated rings. The van der Waals surface area contributed by atoms with E-state index in [1.54, 1.807) is 0 Å². The van der Waals surface area contributed by atoms with Crippen molar-refractivity contribution in [2.75, 3.05) is 39.3 Å². The molecular formula is C18H33N3O. The van der Waals surface area contributed by atoms with Crippen LogP contribution in [0.5, 0.6) is 0 Å². The molecule has 2 saturated heterocycles. The summed E-state index contributed by atoms with van der Waals surface area (Å²) < 4.78 is 0. The standard InChI is InChI=1S/C18H33N3O/c1-13(2)16-11-21(12-16)18(22)15-9-17(10-15)20-7-5-19(6-8-20)14(3)4/h13-17H,5-12H2,1-4H3. The summed E-state index contributed by atoms with van der Waals surface area (Å²) in [4.78, 5) is 19.7. The Morgan fingerprint density at radius 3 is 2.05 bits per heavy atom. The van der Waals surface area contributed by atoms with Crippen molar-refractivity contribution in [1.29, 1.82) is 0 Å². The summed E-state index contributed by atoms with van der Waals surface area (Å²) in [6.45, 7) is 15.9. The third-order valence-corrected chi connectivity index (χ3v) is 6.22. The van der Waals surface area contributed by atoms with E-state index in [9.17, 15) is 4.79 Å². The lowest BCUT2D eigenvalue weighted by molar-refractivity contribution is -0.148. The van der Waals surface area contributed by atoms with Crippen molar-refractivity contribution < 1.29 is 4.79 Å². The number of nitrogens with zero attached hydrogens (tertiary/aromatic N) is 3. The smallest absolute Gasteiger partial charge is 0.225 e. The van der Waals surface area contributed by atoms with Gasteiger partial charge in [0.15, 0.2) is 0 Å². The largest absolute Gasteiger partial charge is 0.342 e. The molecule has 0 unspecified atom stereocenters. The molecule has 2 heterocycles. The fraction of sp³-hybridized carbons (Fsp3) is 0.944. The molecule has 0 radical (unpaired) electrons. The van der Waals surface area contributed by atoms with Crippen molar-refractivity contribution in [2.45, 2.75) is 52.6 Å². The topological polar surface area (TPSA) is 26.8 Å². The SMILES string of the molecule is CC(C)C1CN(C(=O)C2CC(N3CCN(C(C)C)CC3)C2)C1. The predicted octanol–water partition coefficient (Wildman–Crippen LogP) is 1.91. The fourth-order valence-corrected chi connectivity index (χ4v) is 4.08. The highest BCUT2D eigenvalue weighted by molar-refractivity contribution is 5.80. The maximum atomic E-state index is 12.4. The Morgan fingerprint density at radius 2 is 1.55 bits per heavy atom. The van der Waals surface area contributed by atoms with Gasteiger partial charge in [-0.15, -0.1) is 0 Å². The number of rotatable bonds is 4. The number of piperazine rings is 1. The van der Waals surface area contributed by atoms with Gasteiger partial charge < -0.3 is 4.90 Å². The molecule has 126 valence electrons. The van der Waals surface area contributed by atoms with Gasteiger partial charge in [0, 0.05) is 57.3 Å². The maximum Gasteiger partial charge on any atom is 0.225 e. The molecule has 0 aromatic carbocycles. The minimum Gasteiger partial charge on any atom is -0.342 e. The molecule has 3 aliphatic rings. The zero-order chi connectivity index (χ0) is 15.9. The van der Waals surface area contributed by atoms with E-state index >= 15 is 0 Å². The summed E-state index contributed by atoms with van der Waals surface area (Å²) in [5, 5.41) is 0. The summed E-state index contributed by atoms with van der Waals surface area (Å²) >= 11 is 0. The van der Waals surface area contributed by atoms with Crippen LogP contribution in [0, 0.1) is 17.8 Å². The van der Waals surface area contributed by atoms with E-state index in [1.807, 2.05) is 0 Å². The normalized spacial score (nSPS) is 31.5. The van der Waals surface area contributed by atoms with E-state index in [4.69, 9.17) is 0 Å². The van der Waals surface area contributed by atoms with Gasteiger partial charge in [0.05, 0.1) is 0 Å². The van der Waals surface area contributed by atoms with Crippen molar-refractivity contribution in [3.63, 3.8) is 0 Å². The van der Waals surface area contributed by atoms with E-state index in [0.717, 1.165) is 37.8 Å². The van der Waals surface area contributed by atoms with Crippen LogP contribution in [0.1, 0.15) is 40.5 Å². The van der Waals surface area contributed by atoms with Crippen LogP contribution in [0.15, 0.2) is 0 Å². The molecule has 0 N–H and O–H groups in total. The lowest BCUT2D eigenvalue weighted by Gasteiger charge is -2.49. The van der Waals surface area contributed by atoms with Crippen LogP contribution in [-0.4, -0.2) is 72.0 Å². The second kappa shape index (κ2) is 6.48. The van der Waals surface area contributed by atoms with Gasteiger partial charge in [-0.3, -0.25) is 14.6 Å². The first-order valence-electron chi connectivity index (χ1n) is 9.22. The van der Waals surface area contributed by atoms with Crippen LogP contribution in [0.4, 0.5) is 0 Å². The first-order valence-corrected chi connectivity index (χ1v) is 9.22. The second-order valence-corrected chi connectivity index (χ2v) is 8.24. The quantitative estimate of drug-likeness (QED) is 0.794. The Labute approximate surface area is 135 Å². The number of hydrogen-bond acceptors (Lipinski definition) is 3. The van der Waals surface area contributed by atoms with Gasteiger partial charge in [-0.2, -0.15) is 0 Å². The maximum absolute atomic E-state index is 12.4. The lowest BCUT2D eigenvalue weighted by atomic mass is 9.76. The number of carbonyl (C=O) groups is 1. The summed E-state index contributed by atoms with van der Waals surface area (Å²) in [7, 11) is 0. The van der Waals surface area contributed by atoms with Crippen molar-refractivity contribution in [2.24, 2.45) is 17.8 Å². The van der Waals surface area contributed by atoms with Crippen molar-refractivity contribution in [3.05, 3.63) is 0 Å². The van der Waals surface area contributed by atoms with E-state index < -0.39 is 0 Å².